The lowest BCUT2D eigenvalue weighted by atomic mass is 9.98. The largest absolute Gasteiger partial charge is 0.486 e. The topological polar surface area (TPSA) is 30.5 Å². The Labute approximate surface area is 129 Å². The monoisotopic (exact) mass is 303 g/mol. The van der Waals surface area contributed by atoms with Gasteiger partial charge in [0.2, 0.25) is 0 Å². The van der Waals surface area contributed by atoms with Crippen molar-refractivity contribution in [2.24, 2.45) is 0 Å². The number of para-hydroxylation sites is 1. The van der Waals surface area contributed by atoms with Gasteiger partial charge < -0.3 is 14.8 Å². The van der Waals surface area contributed by atoms with Gasteiger partial charge in [0.15, 0.2) is 11.5 Å². The Balaban J connectivity index is 1.79. The molecule has 1 aliphatic rings. The van der Waals surface area contributed by atoms with Crippen LogP contribution in [0.2, 0.25) is 0 Å². The zero-order valence-corrected chi connectivity index (χ0v) is 13.1. The van der Waals surface area contributed by atoms with Crippen molar-refractivity contribution in [3.8, 4) is 11.5 Å². The van der Waals surface area contributed by atoms with Gasteiger partial charge in [-0.2, -0.15) is 11.3 Å². The van der Waals surface area contributed by atoms with E-state index in [1.807, 2.05) is 6.07 Å². The normalized spacial score (nSPS) is 14.9. The second-order valence-corrected chi connectivity index (χ2v) is 5.93. The molecule has 0 saturated carbocycles. The molecule has 1 aromatic heterocycles. The molecule has 0 fully saturated rings. The molecule has 3 nitrogen and oxygen atoms in total. The van der Waals surface area contributed by atoms with Crippen molar-refractivity contribution < 1.29 is 9.47 Å². The van der Waals surface area contributed by atoms with E-state index >= 15 is 0 Å². The summed E-state index contributed by atoms with van der Waals surface area (Å²) in [7, 11) is 0. The highest BCUT2D eigenvalue weighted by Crippen LogP contribution is 2.38. The van der Waals surface area contributed by atoms with E-state index in [0.29, 0.717) is 19.3 Å². The van der Waals surface area contributed by atoms with E-state index in [0.717, 1.165) is 30.9 Å². The van der Waals surface area contributed by atoms with Crippen LogP contribution in [0.15, 0.2) is 35.0 Å². The van der Waals surface area contributed by atoms with Gasteiger partial charge in [-0.05, 0) is 47.8 Å². The minimum atomic E-state index is 0.298. The van der Waals surface area contributed by atoms with Crippen LogP contribution < -0.4 is 14.8 Å². The fraction of sp³-hybridized carbons (Fsp3) is 0.412. The smallest absolute Gasteiger partial charge is 0.166 e. The Morgan fingerprint density at radius 3 is 2.95 bits per heavy atom. The molecule has 1 atom stereocenters. The van der Waals surface area contributed by atoms with Gasteiger partial charge in [0, 0.05) is 11.6 Å². The third-order valence-electron chi connectivity index (χ3n) is 3.72. The quantitative estimate of drug-likeness (QED) is 0.880. The standard InChI is InChI=1S/C17H21NO2S/c1-2-18-15(7-6-13-8-11-21-12-13)14-4-3-5-16-17(14)20-10-9-19-16/h3-5,8,11-12,15,18H,2,6-7,9-10H2,1H3. The van der Waals surface area contributed by atoms with Crippen molar-refractivity contribution in [3.63, 3.8) is 0 Å². The third kappa shape index (κ3) is 3.39. The average molecular weight is 303 g/mol. The highest BCUT2D eigenvalue weighted by Gasteiger charge is 2.21. The van der Waals surface area contributed by atoms with Crippen LogP contribution in [-0.4, -0.2) is 19.8 Å². The van der Waals surface area contributed by atoms with Gasteiger partial charge in [-0.3, -0.25) is 0 Å². The zero-order chi connectivity index (χ0) is 14.5. The van der Waals surface area contributed by atoms with E-state index in [4.69, 9.17) is 9.47 Å². The lowest BCUT2D eigenvalue weighted by molar-refractivity contribution is 0.168. The van der Waals surface area contributed by atoms with Crippen LogP contribution in [-0.2, 0) is 6.42 Å². The number of ether oxygens (including phenoxy) is 2. The third-order valence-corrected chi connectivity index (χ3v) is 4.46. The molecule has 0 radical (unpaired) electrons. The molecule has 21 heavy (non-hydrogen) atoms. The first kappa shape index (κ1) is 14.4. The molecule has 0 spiro atoms. The summed E-state index contributed by atoms with van der Waals surface area (Å²) in [5.74, 6) is 1.79. The number of fused-ring (bicyclic) bond motifs is 1. The molecule has 2 aromatic rings. The average Bonchev–Trinajstić information content (AvgIpc) is 3.04. The molecule has 3 rings (SSSR count). The molecule has 1 aliphatic heterocycles. The Morgan fingerprint density at radius 1 is 1.24 bits per heavy atom. The van der Waals surface area contributed by atoms with E-state index in [-0.39, 0.29) is 0 Å². The van der Waals surface area contributed by atoms with Gasteiger partial charge in [-0.25, -0.2) is 0 Å². The van der Waals surface area contributed by atoms with Gasteiger partial charge in [0.05, 0.1) is 0 Å². The lowest BCUT2D eigenvalue weighted by Gasteiger charge is -2.25. The Morgan fingerprint density at radius 2 is 2.14 bits per heavy atom. The van der Waals surface area contributed by atoms with Crippen LogP contribution in [0, 0.1) is 0 Å². The molecule has 1 N–H and O–H groups in total. The minimum absolute atomic E-state index is 0.298. The summed E-state index contributed by atoms with van der Waals surface area (Å²) in [5.41, 5.74) is 2.62. The summed E-state index contributed by atoms with van der Waals surface area (Å²) in [6, 6.07) is 8.69. The number of hydrogen-bond acceptors (Lipinski definition) is 4. The first-order chi connectivity index (χ1) is 10.4. The molecule has 2 heterocycles. The van der Waals surface area contributed by atoms with Crippen molar-refractivity contribution in [3.05, 3.63) is 46.2 Å². The fourth-order valence-corrected chi connectivity index (χ4v) is 3.43. The molecule has 0 amide bonds. The van der Waals surface area contributed by atoms with Crippen LogP contribution >= 0.6 is 11.3 Å². The highest BCUT2D eigenvalue weighted by molar-refractivity contribution is 7.07. The SMILES string of the molecule is CCNC(CCc1ccsc1)c1cccc2c1OCCO2. The molecular weight excluding hydrogens is 282 g/mol. The molecule has 0 aliphatic carbocycles. The number of thiophene rings is 1. The summed E-state index contributed by atoms with van der Waals surface area (Å²) in [6.07, 6.45) is 2.13. The summed E-state index contributed by atoms with van der Waals surface area (Å²) < 4.78 is 11.5. The van der Waals surface area contributed by atoms with Gasteiger partial charge in [0.25, 0.3) is 0 Å². The summed E-state index contributed by atoms with van der Waals surface area (Å²) in [5, 5.41) is 7.94. The fourth-order valence-electron chi connectivity index (χ4n) is 2.73. The minimum Gasteiger partial charge on any atom is -0.486 e. The van der Waals surface area contributed by atoms with Gasteiger partial charge in [0.1, 0.15) is 13.2 Å². The molecule has 4 heteroatoms. The lowest BCUT2D eigenvalue weighted by Crippen LogP contribution is -2.24. The van der Waals surface area contributed by atoms with Crippen LogP contribution in [0.3, 0.4) is 0 Å². The Bertz CT molecular complexity index is 568. The summed E-state index contributed by atoms with van der Waals surface area (Å²) in [6.45, 7) is 4.35. The van der Waals surface area contributed by atoms with Crippen LogP contribution in [0.1, 0.15) is 30.5 Å². The van der Waals surface area contributed by atoms with Crippen LogP contribution in [0.25, 0.3) is 0 Å². The van der Waals surface area contributed by atoms with E-state index in [2.05, 4.69) is 41.2 Å². The van der Waals surface area contributed by atoms with Crippen molar-refractivity contribution in [2.75, 3.05) is 19.8 Å². The summed E-state index contributed by atoms with van der Waals surface area (Å²) >= 11 is 1.76. The predicted molar refractivity (Wildman–Crippen MR) is 86.5 cm³/mol. The molecule has 112 valence electrons. The van der Waals surface area contributed by atoms with E-state index in [1.165, 1.54) is 11.1 Å². The summed E-state index contributed by atoms with van der Waals surface area (Å²) in [4.78, 5) is 0. The van der Waals surface area contributed by atoms with Crippen LogP contribution in [0.5, 0.6) is 11.5 Å². The number of rotatable bonds is 6. The van der Waals surface area contributed by atoms with Crippen molar-refractivity contribution in [2.45, 2.75) is 25.8 Å². The van der Waals surface area contributed by atoms with Gasteiger partial charge in [-0.15, -0.1) is 0 Å². The number of hydrogen-bond donors (Lipinski definition) is 1. The van der Waals surface area contributed by atoms with Crippen LogP contribution in [0.4, 0.5) is 0 Å². The first-order valence-corrected chi connectivity index (χ1v) is 8.45. The number of nitrogens with one attached hydrogen (secondary N) is 1. The second kappa shape index (κ2) is 6.96. The van der Waals surface area contributed by atoms with Crippen molar-refractivity contribution in [1.82, 2.24) is 5.32 Å². The molecular formula is C17H21NO2S. The molecule has 0 saturated heterocycles. The molecule has 0 bridgehead atoms. The van der Waals surface area contributed by atoms with E-state index < -0.39 is 0 Å². The number of benzene rings is 1. The van der Waals surface area contributed by atoms with Crippen molar-refractivity contribution in [1.29, 1.82) is 0 Å². The highest BCUT2D eigenvalue weighted by atomic mass is 32.1. The van der Waals surface area contributed by atoms with E-state index in [9.17, 15) is 0 Å². The maximum Gasteiger partial charge on any atom is 0.166 e. The number of aryl methyl sites for hydroxylation is 1. The Hall–Kier alpha value is -1.52. The zero-order valence-electron chi connectivity index (χ0n) is 12.3. The maximum absolute atomic E-state index is 5.86. The van der Waals surface area contributed by atoms with E-state index in [1.54, 1.807) is 11.3 Å². The molecule has 1 unspecified atom stereocenters. The first-order valence-electron chi connectivity index (χ1n) is 7.51. The predicted octanol–water partition coefficient (Wildman–Crippen LogP) is 3.80. The van der Waals surface area contributed by atoms with Crippen molar-refractivity contribution >= 4 is 11.3 Å². The Kier molecular flexibility index (Phi) is 4.78. The molecule has 1 aromatic carbocycles. The van der Waals surface area contributed by atoms with Gasteiger partial charge >= 0.3 is 0 Å². The maximum atomic E-state index is 5.86. The second-order valence-electron chi connectivity index (χ2n) is 5.15. The van der Waals surface area contributed by atoms with Gasteiger partial charge in [-0.1, -0.05) is 19.1 Å².